The van der Waals surface area contributed by atoms with Crippen LogP contribution < -0.4 is 5.32 Å². The third kappa shape index (κ3) is 3.59. The van der Waals surface area contributed by atoms with Gasteiger partial charge in [0.05, 0.1) is 5.92 Å². The van der Waals surface area contributed by atoms with Gasteiger partial charge >= 0.3 is 5.97 Å². The van der Waals surface area contributed by atoms with Crippen LogP contribution >= 0.6 is 0 Å². The van der Waals surface area contributed by atoms with E-state index in [-0.39, 0.29) is 11.8 Å². The highest BCUT2D eigenvalue weighted by molar-refractivity contribution is 5.93. The zero-order chi connectivity index (χ0) is 17.1. The summed E-state index contributed by atoms with van der Waals surface area (Å²) in [5.41, 5.74) is 2.37. The van der Waals surface area contributed by atoms with Crippen LogP contribution in [0.3, 0.4) is 0 Å². The number of rotatable bonds is 4. The number of carboxylic acid groups (broad SMARTS) is 1. The first-order valence-corrected chi connectivity index (χ1v) is 7.96. The molecule has 0 radical (unpaired) electrons. The zero-order valence-electron chi connectivity index (χ0n) is 13.4. The molecular formula is C18H19N3O3. The summed E-state index contributed by atoms with van der Waals surface area (Å²) >= 11 is 0. The lowest BCUT2D eigenvalue weighted by Crippen LogP contribution is -2.21. The molecule has 2 atom stereocenters. The Bertz CT molecular complexity index is 776. The molecule has 0 bridgehead atoms. The van der Waals surface area contributed by atoms with E-state index in [0.29, 0.717) is 30.8 Å². The number of nitrogens with one attached hydrogen (secondary N) is 1. The van der Waals surface area contributed by atoms with E-state index < -0.39 is 11.9 Å². The first kappa shape index (κ1) is 16.1. The van der Waals surface area contributed by atoms with Crippen LogP contribution in [-0.2, 0) is 9.59 Å². The van der Waals surface area contributed by atoms with Crippen LogP contribution in [0.5, 0.6) is 0 Å². The molecule has 2 aromatic rings. The van der Waals surface area contributed by atoms with Gasteiger partial charge in [-0.1, -0.05) is 12.1 Å². The maximum Gasteiger partial charge on any atom is 0.306 e. The van der Waals surface area contributed by atoms with Crippen LogP contribution in [-0.4, -0.2) is 27.0 Å². The average Bonchev–Trinajstić information content (AvgIpc) is 3.05. The first-order chi connectivity index (χ1) is 11.5. The number of carboxylic acids is 1. The summed E-state index contributed by atoms with van der Waals surface area (Å²) in [7, 11) is 0. The highest BCUT2D eigenvalue weighted by Gasteiger charge is 2.33. The van der Waals surface area contributed by atoms with Crippen LogP contribution in [0.4, 0.5) is 5.69 Å². The van der Waals surface area contributed by atoms with E-state index in [1.807, 2.05) is 31.2 Å². The van der Waals surface area contributed by atoms with Crippen molar-refractivity contribution >= 4 is 17.6 Å². The van der Waals surface area contributed by atoms with Gasteiger partial charge in [0, 0.05) is 29.1 Å². The molecular weight excluding hydrogens is 306 g/mol. The maximum atomic E-state index is 12.3. The second-order valence-corrected chi connectivity index (χ2v) is 6.14. The van der Waals surface area contributed by atoms with Crippen molar-refractivity contribution < 1.29 is 14.7 Å². The molecule has 0 saturated heterocycles. The lowest BCUT2D eigenvalue weighted by atomic mass is 10.0. The molecule has 1 aromatic heterocycles. The molecule has 6 nitrogen and oxygen atoms in total. The third-order valence-electron chi connectivity index (χ3n) is 4.34. The molecule has 0 aliphatic heterocycles. The van der Waals surface area contributed by atoms with E-state index in [1.54, 1.807) is 12.3 Å². The van der Waals surface area contributed by atoms with Crippen molar-refractivity contribution in [3.05, 3.63) is 42.2 Å². The molecule has 1 fully saturated rings. The number of hydrogen-bond acceptors (Lipinski definition) is 4. The Hall–Kier alpha value is -2.76. The lowest BCUT2D eigenvalue weighted by molar-refractivity contribution is -0.141. The number of carbonyl (C=O) groups is 2. The summed E-state index contributed by atoms with van der Waals surface area (Å²) in [6.07, 6.45) is 3.28. The van der Waals surface area contributed by atoms with E-state index in [0.717, 1.165) is 11.3 Å². The SMILES string of the molecule is Cc1ccnc(-c2cccc(NC(=O)[C@@H]3CC[C@H](C(=O)O)C3)c2)n1. The fourth-order valence-corrected chi connectivity index (χ4v) is 3.01. The molecule has 0 unspecified atom stereocenters. The number of aromatic nitrogens is 2. The second kappa shape index (κ2) is 6.78. The minimum atomic E-state index is -0.816. The maximum absolute atomic E-state index is 12.3. The number of benzene rings is 1. The fraction of sp³-hybridized carbons (Fsp3) is 0.333. The van der Waals surface area contributed by atoms with E-state index in [2.05, 4.69) is 15.3 Å². The minimum absolute atomic E-state index is 0.124. The van der Waals surface area contributed by atoms with E-state index in [9.17, 15) is 9.59 Å². The van der Waals surface area contributed by atoms with Gasteiger partial charge in [0.1, 0.15) is 0 Å². The molecule has 1 aromatic carbocycles. The molecule has 1 heterocycles. The van der Waals surface area contributed by atoms with E-state index >= 15 is 0 Å². The van der Waals surface area contributed by atoms with Crippen molar-refractivity contribution in [3.8, 4) is 11.4 Å². The van der Waals surface area contributed by atoms with Crippen molar-refractivity contribution in [1.82, 2.24) is 9.97 Å². The van der Waals surface area contributed by atoms with Gasteiger partial charge in [-0.25, -0.2) is 9.97 Å². The largest absolute Gasteiger partial charge is 0.481 e. The van der Waals surface area contributed by atoms with Gasteiger partial charge in [-0.3, -0.25) is 9.59 Å². The monoisotopic (exact) mass is 325 g/mol. The average molecular weight is 325 g/mol. The van der Waals surface area contributed by atoms with Crippen LogP contribution in [0.15, 0.2) is 36.5 Å². The minimum Gasteiger partial charge on any atom is -0.481 e. The van der Waals surface area contributed by atoms with Crippen LogP contribution in [0.1, 0.15) is 25.0 Å². The Labute approximate surface area is 140 Å². The van der Waals surface area contributed by atoms with Gasteiger partial charge < -0.3 is 10.4 Å². The number of nitrogens with zero attached hydrogens (tertiary/aromatic N) is 2. The lowest BCUT2D eigenvalue weighted by Gasteiger charge is -2.11. The highest BCUT2D eigenvalue weighted by Crippen LogP contribution is 2.32. The van der Waals surface area contributed by atoms with Gasteiger partial charge in [0.15, 0.2) is 5.82 Å². The van der Waals surface area contributed by atoms with E-state index in [1.165, 1.54) is 0 Å². The van der Waals surface area contributed by atoms with Crippen molar-refractivity contribution in [2.45, 2.75) is 26.2 Å². The van der Waals surface area contributed by atoms with Crippen molar-refractivity contribution in [1.29, 1.82) is 0 Å². The quantitative estimate of drug-likeness (QED) is 0.901. The number of aliphatic carboxylic acids is 1. The predicted molar refractivity (Wildman–Crippen MR) is 89.3 cm³/mol. The van der Waals surface area contributed by atoms with Crippen LogP contribution in [0.2, 0.25) is 0 Å². The Morgan fingerprint density at radius 2 is 2.00 bits per heavy atom. The Kier molecular flexibility index (Phi) is 4.55. The summed E-state index contributed by atoms with van der Waals surface area (Å²) in [6, 6.07) is 9.19. The normalized spacial score (nSPS) is 19.9. The number of carbonyl (C=O) groups excluding carboxylic acids is 1. The van der Waals surface area contributed by atoms with Crippen molar-refractivity contribution in [3.63, 3.8) is 0 Å². The van der Waals surface area contributed by atoms with Crippen molar-refractivity contribution in [2.24, 2.45) is 11.8 Å². The summed E-state index contributed by atoms with van der Waals surface area (Å²) in [6.45, 7) is 1.90. The molecule has 1 aliphatic rings. The summed E-state index contributed by atoms with van der Waals surface area (Å²) in [5, 5.41) is 11.9. The summed E-state index contributed by atoms with van der Waals surface area (Å²) < 4.78 is 0. The van der Waals surface area contributed by atoms with Crippen LogP contribution in [0.25, 0.3) is 11.4 Å². The highest BCUT2D eigenvalue weighted by atomic mass is 16.4. The summed E-state index contributed by atoms with van der Waals surface area (Å²) in [4.78, 5) is 32.0. The molecule has 1 aliphatic carbocycles. The van der Waals surface area contributed by atoms with Crippen LogP contribution in [0, 0.1) is 18.8 Å². The van der Waals surface area contributed by atoms with Gasteiger partial charge in [-0.05, 0) is 44.4 Å². The number of anilines is 1. The third-order valence-corrected chi connectivity index (χ3v) is 4.34. The predicted octanol–water partition coefficient (Wildman–Crippen LogP) is 2.89. The number of hydrogen-bond donors (Lipinski definition) is 2. The molecule has 24 heavy (non-hydrogen) atoms. The fourth-order valence-electron chi connectivity index (χ4n) is 3.01. The molecule has 3 rings (SSSR count). The molecule has 2 N–H and O–H groups in total. The second-order valence-electron chi connectivity index (χ2n) is 6.14. The van der Waals surface area contributed by atoms with Gasteiger partial charge in [-0.15, -0.1) is 0 Å². The Morgan fingerprint density at radius 3 is 2.71 bits per heavy atom. The zero-order valence-corrected chi connectivity index (χ0v) is 13.4. The standard InChI is InChI=1S/C18H19N3O3/c1-11-7-8-19-16(20-11)12-3-2-4-15(10-12)21-17(22)13-5-6-14(9-13)18(23)24/h2-4,7-8,10,13-14H,5-6,9H2,1H3,(H,21,22)(H,23,24)/t13-,14+/m1/s1. The Balaban J connectivity index is 1.71. The smallest absolute Gasteiger partial charge is 0.306 e. The molecule has 0 spiro atoms. The van der Waals surface area contributed by atoms with Gasteiger partial charge in [-0.2, -0.15) is 0 Å². The molecule has 124 valence electrons. The molecule has 6 heteroatoms. The molecule has 1 amide bonds. The number of amides is 1. The van der Waals surface area contributed by atoms with Gasteiger partial charge in [0.2, 0.25) is 5.91 Å². The van der Waals surface area contributed by atoms with E-state index in [4.69, 9.17) is 5.11 Å². The number of aryl methyl sites for hydroxylation is 1. The Morgan fingerprint density at radius 1 is 1.21 bits per heavy atom. The molecule has 1 saturated carbocycles. The van der Waals surface area contributed by atoms with Crippen molar-refractivity contribution in [2.75, 3.05) is 5.32 Å². The van der Waals surface area contributed by atoms with Gasteiger partial charge in [0.25, 0.3) is 0 Å². The topological polar surface area (TPSA) is 92.2 Å². The summed E-state index contributed by atoms with van der Waals surface area (Å²) in [5.74, 6) is -0.986. The first-order valence-electron chi connectivity index (χ1n) is 7.96.